The minimum absolute atomic E-state index is 0.0116. The summed E-state index contributed by atoms with van der Waals surface area (Å²) < 4.78 is 0. The molecule has 0 aromatic carbocycles. The molecule has 1 aromatic heterocycles. The molecule has 0 saturated carbocycles. The van der Waals surface area contributed by atoms with Crippen LogP contribution < -0.4 is 0 Å². The molecule has 6 heteroatoms. The second-order valence-corrected chi connectivity index (χ2v) is 3.46. The van der Waals surface area contributed by atoms with E-state index in [1.165, 1.54) is 12.3 Å². The molecule has 0 saturated heterocycles. The summed E-state index contributed by atoms with van der Waals surface area (Å²) in [5, 5.41) is 27.6. The van der Waals surface area contributed by atoms with Crippen LogP contribution in [0.1, 0.15) is 11.7 Å². The Hall–Kier alpha value is -0.390. The predicted octanol–water partition coefficient (Wildman–Crippen LogP) is 0.775. The molecule has 0 spiro atoms. The summed E-state index contributed by atoms with van der Waals surface area (Å²) >= 11 is 11.4. The summed E-state index contributed by atoms with van der Waals surface area (Å²) in [4.78, 5) is 3.71. The molecule has 2 unspecified atom stereocenters. The van der Waals surface area contributed by atoms with Crippen LogP contribution in [0, 0.1) is 0 Å². The maximum absolute atomic E-state index is 9.53. The Morgan fingerprint density at radius 2 is 2.00 bits per heavy atom. The first kappa shape index (κ1) is 11.7. The lowest BCUT2D eigenvalue weighted by molar-refractivity contribution is -0.0153. The van der Waals surface area contributed by atoms with E-state index in [9.17, 15) is 10.2 Å². The van der Waals surface area contributed by atoms with Crippen LogP contribution >= 0.6 is 23.2 Å². The molecule has 2 atom stereocenters. The molecule has 0 aliphatic heterocycles. The minimum Gasteiger partial charge on any atom is -0.394 e. The van der Waals surface area contributed by atoms with Crippen LogP contribution in [0.2, 0.25) is 10.2 Å². The van der Waals surface area contributed by atoms with Gasteiger partial charge in [-0.3, -0.25) is 0 Å². The number of aromatic nitrogens is 1. The summed E-state index contributed by atoms with van der Waals surface area (Å²) in [6, 6.07) is 1.44. The first-order valence-corrected chi connectivity index (χ1v) is 4.60. The predicted molar refractivity (Wildman–Crippen MR) is 52.3 cm³/mol. The highest BCUT2D eigenvalue weighted by Gasteiger charge is 2.23. The topological polar surface area (TPSA) is 73.6 Å². The molecular weight excluding hydrogens is 229 g/mol. The summed E-state index contributed by atoms with van der Waals surface area (Å²) in [6.45, 7) is -0.581. The van der Waals surface area contributed by atoms with Crippen molar-refractivity contribution >= 4 is 23.2 Å². The number of nitrogens with zero attached hydrogens (tertiary/aromatic N) is 1. The van der Waals surface area contributed by atoms with Crippen LogP contribution in [0.3, 0.4) is 0 Å². The van der Waals surface area contributed by atoms with E-state index >= 15 is 0 Å². The van der Waals surface area contributed by atoms with Gasteiger partial charge in [-0.25, -0.2) is 4.98 Å². The third-order valence-electron chi connectivity index (χ3n) is 1.74. The second-order valence-electron chi connectivity index (χ2n) is 2.69. The van der Waals surface area contributed by atoms with E-state index in [1.807, 2.05) is 0 Å². The molecule has 0 aliphatic carbocycles. The number of halogens is 2. The fourth-order valence-electron chi connectivity index (χ4n) is 0.982. The molecule has 14 heavy (non-hydrogen) atoms. The van der Waals surface area contributed by atoms with Crippen molar-refractivity contribution in [1.82, 2.24) is 4.98 Å². The quantitative estimate of drug-likeness (QED) is 0.680. The molecule has 0 fully saturated rings. The normalized spacial score (nSPS) is 15.2. The van der Waals surface area contributed by atoms with E-state index in [0.29, 0.717) is 0 Å². The second kappa shape index (κ2) is 4.91. The van der Waals surface area contributed by atoms with Crippen molar-refractivity contribution in [2.24, 2.45) is 0 Å². The first-order valence-electron chi connectivity index (χ1n) is 3.84. The fourth-order valence-corrected chi connectivity index (χ4v) is 1.56. The Balaban J connectivity index is 3.05. The van der Waals surface area contributed by atoms with Gasteiger partial charge >= 0.3 is 0 Å². The van der Waals surface area contributed by atoms with Crippen LogP contribution in [-0.2, 0) is 0 Å². The number of pyridine rings is 1. The Bertz CT molecular complexity index is 301. The van der Waals surface area contributed by atoms with Crippen molar-refractivity contribution in [1.29, 1.82) is 0 Å². The van der Waals surface area contributed by atoms with E-state index in [4.69, 9.17) is 28.3 Å². The molecule has 0 radical (unpaired) electrons. The van der Waals surface area contributed by atoms with E-state index in [0.717, 1.165) is 0 Å². The highest BCUT2D eigenvalue weighted by molar-refractivity contribution is 6.35. The van der Waals surface area contributed by atoms with Crippen molar-refractivity contribution in [3.8, 4) is 0 Å². The van der Waals surface area contributed by atoms with Crippen molar-refractivity contribution < 1.29 is 15.3 Å². The number of aliphatic hydroxyl groups is 3. The minimum atomic E-state index is -1.34. The van der Waals surface area contributed by atoms with Crippen molar-refractivity contribution in [2.75, 3.05) is 6.61 Å². The van der Waals surface area contributed by atoms with Crippen LogP contribution in [0.5, 0.6) is 0 Å². The van der Waals surface area contributed by atoms with Gasteiger partial charge < -0.3 is 15.3 Å². The van der Waals surface area contributed by atoms with Gasteiger partial charge in [0, 0.05) is 11.8 Å². The van der Waals surface area contributed by atoms with Gasteiger partial charge in [0.15, 0.2) is 0 Å². The molecule has 0 amide bonds. The number of hydrogen-bond acceptors (Lipinski definition) is 4. The molecule has 0 aliphatic rings. The largest absolute Gasteiger partial charge is 0.394 e. The van der Waals surface area contributed by atoms with Gasteiger partial charge in [0.1, 0.15) is 17.4 Å². The Labute approximate surface area is 90.7 Å². The SMILES string of the molecule is OCC(O)C(O)c1c(Cl)ccnc1Cl. The van der Waals surface area contributed by atoms with E-state index in [1.54, 1.807) is 0 Å². The summed E-state index contributed by atoms with van der Waals surface area (Å²) in [7, 11) is 0. The molecule has 1 heterocycles. The first-order chi connectivity index (χ1) is 6.57. The van der Waals surface area contributed by atoms with Gasteiger partial charge in [-0.05, 0) is 6.07 Å². The lowest BCUT2D eigenvalue weighted by Gasteiger charge is -2.17. The molecule has 4 nitrogen and oxygen atoms in total. The van der Waals surface area contributed by atoms with Crippen LogP contribution in [0.4, 0.5) is 0 Å². The average molecular weight is 238 g/mol. The van der Waals surface area contributed by atoms with E-state index < -0.39 is 18.8 Å². The zero-order valence-corrected chi connectivity index (χ0v) is 8.57. The monoisotopic (exact) mass is 237 g/mol. The smallest absolute Gasteiger partial charge is 0.136 e. The fraction of sp³-hybridized carbons (Fsp3) is 0.375. The van der Waals surface area contributed by atoms with Gasteiger partial charge in [0.25, 0.3) is 0 Å². The van der Waals surface area contributed by atoms with Crippen molar-refractivity contribution in [3.05, 3.63) is 28.0 Å². The molecule has 78 valence electrons. The number of rotatable bonds is 3. The highest BCUT2D eigenvalue weighted by Crippen LogP contribution is 2.30. The third-order valence-corrected chi connectivity index (χ3v) is 2.37. The standard InChI is InChI=1S/C8H9Cl2NO3/c9-4-1-2-11-8(10)6(4)7(14)5(13)3-12/h1-2,5,7,12-14H,3H2. The van der Waals surface area contributed by atoms with Gasteiger partial charge in [-0.15, -0.1) is 0 Å². The van der Waals surface area contributed by atoms with Gasteiger partial charge in [0.2, 0.25) is 0 Å². The maximum Gasteiger partial charge on any atom is 0.136 e. The van der Waals surface area contributed by atoms with Crippen LogP contribution in [0.15, 0.2) is 12.3 Å². The molecule has 3 N–H and O–H groups in total. The van der Waals surface area contributed by atoms with Crippen molar-refractivity contribution in [2.45, 2.75) is 12.2 Å². The van der Waals surface area contributed by atoms with E-state index in [-0.39, 0.29) is 15.7 Å². The molecule has 0 bridgehead atoms. The zero-order chi connectivity index (χ0) is 10.7. The summed E-state index contributed by atoms with van der Waals surface area (Å²) in [6.07, 6.45) is -1.28. The summed E-state index contributed by atoms with van der Waals surface area (Å²) in [5.74, 6) is 0. The van der Waals surface area contributed by atoms with Crippen LogP contribution in [0.25, 0.3) is 0 Å². The third kappa shape index (κ3) is 2.34. The Morgan fingerprint density at radius 1 is 1.36 bits per heavy atom. The Kier molecular flexibility index (Phi) is 4.10. The molecule has 1 aromatic rings. The number of aliphatic hydroxyl groups excluding tert-OH is 3. The van der Waals surface area contributed by atoms with Gasteiger partial charge in [-0.2, -0.15) is 0 Å². The zero-order valence-electron chi connectivity index (χ0n) is 7.06. The van der Waals surface area contributed by atoms with Crippen LogP contribution in [-0.4, -0.2) is 33.0 Å². The molecular formula is C8H9Cl2NO3. The lowest BCUT2D eigenvalue weighted by Crippen LogP contribution is -2.22. The molecule has 1 rings (SSSR count). The van der Waals surface area contributed by atoms with Crippen molar-refractivity contribution in [3.63, 3.8) is 0 Å². The average Bonchev–Trinajstić information content (AvgIpc) is 2.16. The van der Waals surface area contributed by atoms with E-state index in [2.05, 4.69) is 4.98 Å². The highest BCUT2D eigenvalue weighted by atomic mass is 35.5. The maximum atomic E-state index is 9.53. The van der Waals surface area contributed by atoms with Gasteiger partial charge in [-0.1, -0.05) is 23.2 Å². The Morgan fingerprint density at radius 3 is 2.50 bits per heavy atom. The lowest BCUT2D eigenvalue weighted by atomic mass is 10.1. The number of hydrogen-bond donors (Lipinski definition) is 3. The van der Waals surface area contributed by atoms with Gasteiger partial charge in [0.05, 0.1) is 11.6 Å². The summed E-state index contributed by atoms with van der Waals surface area (Å²) in [5.41, 5.74) is 0.123.